The van der Waals surface area contributed by atoms with Crippen LogP contribution in [-0.2, 0) is 0 Å². The molecule has 22 heavy (non-hydrogen) atoms. The second-order valence-corrected chi connectivity index (χ2v) is 5.12. The van der Waals surface area contributed by atoms with Crippen LogP contribution < -0.4 is 20.6 Å². The van der Waals surface area contributed by atoms with Gasteiger partial charge in [0.15, 0.2) is 0 Å². The van der Waals surface area contributed by atoms with Gasteiger partial charge in [-0.25, -0.2) is 0 Å². The van der Waals surface area contributed by atoms with Gasteiger partial charge in [0.05, 0.1) is 35.7 Å². The molecular weight excluding hydrogens is 327 g/mol. The maximum absolute atomic E-state index is 12.0. The van der Waals surface area contributed by atoms with Gasteiger partial charge < -0.3 is 20.2 Å². The number of hydrogen-bond acceptors (Lipinski definition) is 4. The summed E-state index contributed by atoms with van der Waals surface area (Å²) in [6.07, 6.45) is 1.44. The number of pyridine rings is 1. The summed E-state index contributed by atoms with van der Waals surface area (Å²) in [7, 11) is 2.94. The van der Waals surface area contributed by atoms with Crippen molar-refractivity contribution in [3.05, 3.63) is 44.7 Å². The molecule has 0 aliphatic heterocycles. The van der Waals surface area contributed by atoms with Crippen molar-refractivity contribution in [2.24, 2.45) is 0 Å². The molecule has 3 N–H and O–H groups in total. The monoisotopic (exact) mass is 340 g/mol. The number of nitrogen functional groups attached to an aromatic ring is 1. The zero-order chi connectivity index (χ0) is 16.4. The number of anilines is 1. The molecule has 1 aromatic carbocycles. The van der Waals surface area contributed by atoms with Gasteiger partial charge in [0, 0.05) is 17.7 Å². The highest BCUT2D eigenvalue weighted by Gasteiger charge is 2.20. The molecule has 0 aliphatic carbocycles. The number of benzene rings is 1. The second-order valence-electron chi connectivity index (χ2n) is 4.36. The molecule has 0 unspecified atom stereocenters. The van der Waals surface area contributed by atoms with E-state index in [1.807, 2.05) is 0 Å². The first-order chi connectivity index (χ1) is 10.4. The number of nitrogens with one attached hydrogen (secondary N) is 1. The molecule has 0 spiro atoms. The van der Waals surface area contributed by atoms with Gasteiger partial charge in [-0.05, 0) is 6.08 Å². The number of aromatic nitrogens is 1. The minimum absolute atomic E-state index is 0.0702. The van der Waals surface area contributed by atoms with Gasteiger partial charge in [-0.3, -0.25) is 4.79 Å². The minimum atomic E-state index is -0.363. The van der Waals surface area contributed by atoms with E-state index in [1.165, 1.54) is 26.4 Å². The van der Waals surface area contributed by atoms with Gasteiger partial charge >= 0.3 is 0 Å². The number of hydrogen-bond donors (Lipinski definition) is 2. The lowest BCUT2D eigenvalue weighted by Gasteiger charge is -2.15. The standard InChI is InChI=1S/C15H14Cl2N2O3/c1-4-7-15(18)9(20)5-8(19-7)12-13(16)10(21-2)6-11(22-3)14(12)17/h4-6H,1,18H2,2-3H3,(H,19,20). The highest BCUT2D eigenvalue weighted by atomic mass is 35.5. The molecule has 0 bridgehead atoms. The molecule has 0 saturated carbocycles. The Kier molecular flexibility index (Phi) is 4.68. The normalized spacial score (nSPS) is 10.4. The van der Waals surface area contributed by atoms with Crippen molar-refractivity contribution < 1.29 is 9.47 Å². The maximum Gasteiger partial charge on any atom is 0.205 e. The molecule has 0 radical (unpaired) electrons. The summed E-state index contributed by atoms with van der Waals surface area (Å²) < 4.78 is 10.4. The third kappa shape index (κ3) is 2.65. The molecule has 0 saturated heterocycles. The van der Waals surface area contributed by atoms with Crippen LogP contribution in [0.5, 0.6) is 11.5 Å². The van der Waals surface area contributed by atoms with E-state index in [9.17, 15) is 4.79 Å². The van der Waals surface area contributed by atoms with Crippen LogP contribution in [0.4, 0.5) is 5.69 Å². The third-order valence-corrected chi connectivity index (χ3v) is 3.90. The van der Waals surface area contributed by atoms with Crippen molar-refractivity contribution in [2.75, 3.05) is 20.0 Å². The van der Waals surface area contributed by atoms with E-state index in [2.05, 4.69) is 11.6 Å². The van der Waals surface area contributed by atoms with Crippen LogP contribution in [0.1, 0.15) is 5.69 Å². The van der Waals surface area contributed by atoms with Gasteiger partial charge in [-0.1, -0.05) is 29.8 Å². The zero-order valence-electron chi connectivity index (χ0n) is 12.0. The minimum Gasteiger partial charge on any atom is -0.495 e. The van der Waals surface area contributed by atoms with Crippen LogP contribution >= 0.6 is 23.2 Å². The fourth-order valence-corrected chi connectivity index (χ4v) is 2.71. The zero-order valence-corrected chi connectivity index (χ0v) is 13.5. The number of halogens is 2. The van der Waals surface area contributed by atoms with E-state index in [-0.39, 0.29) is 21.2 Å². The van der Waals surface area contributed by atoms with Crippen molar-refractivity contribution in [1.82, 2.24) is 4.98 Å². The second kappa shape index (κ2) is 6.34. The van der Waals surface area contributed by atoms with Crippen molar-refractivity contribution in [3.8, 4) is 22.8 Å². The average molecular weight is 341 g/mol. The van der Waals surface area contributed by atoms with Gasteiger partial charge in [-0.2, -0.15) is 0 Å². The molecule has 0 amide bonds. The first-order valence-corrected chi connectivity index (χ1v) is 6.95. The summed E-state index contributed by atoms with van der Waals surface area (Å²) in [5.41, 5.74) is 6.57. The predicted molar refractivity (Wildman–Crippen MR) is 90.1 cm³/mol. The third-order valence-electron chi connectivity index (χ3n) is 3.15. The fraction of sp³-hybridized carbons (Fsp3) is 0.133. The first-order valence-electron chi connectivity index (χ1n) is 6.20. The van der Waals surface area contributed by atoms with Crippen molar-refractivity contribution in [3.63, 3.8) is 0 Å². The number of H-pyrrole nitrogens is 1. The summed E-state index contributed by atoms with van der Waals surface area (Å²) in [6, 6.07) is 2.88. The Morgan fingerprint density at radius 3 is 2.18 bits per heavy atom. The highest BCUT2D eigenvalue weighted by Crippen LogP contribution is 2.45. The molecule has 5 nitrogen and oxygen atoms in total. The van der Waals surface area contributed by atoms with Crippen LogP contribution in [-0.4, -0.2) is 19.2 Å². The maximum atomic E-state index is 12.0. The molecular formula is C15H14Cl2N2O3. The molecule has 0 atom stereocenters. The van der Waals surface area contributed by atoms with Crippen LogP contribution in [0.3, 0.4) is 0 Å². The number of methoxy groups -OCH3 is 2. The number of aromatic amines is 1. The predicted octanol–water partition coefficient (Wildman–Crippen LogP) is 3.59. The quantitative estimate of drug-likeness (QED) is 0.891. The van der Waals surface area contributed by atoms with Crippen LogP contribution in [0, 0.1) is 0 Å². The Bertz CT molecular complexity index is 772. The summed E-state index contributed by atoms with van der Waals surface area (Å²) in [5, 5.41) is 0.507. The molecule has 2 rings (SSSR count). The number of ether oxygens (including phenoxy) is 2. The van der Waals surface area contributed by atoms with Crippen molar-refractivity contribution in [2.45, 2.75) is 0 Å². The lowest BCUT2D eigenvalue weighted by Crippen LogP contribution is -2.11. The van der Waals surface area contributed by atoms with Crippen molar-refractivity contribution >= 4 is 35.0 Å². The van der Waals surface area contributed by atoms with E-state index in [0.717, 1.165) is 0 Å². The van der Waals surface area contributed by atoms with Gasteiger partial charge in [0.25, 0.3) is 0 Å². The fourth-order valence-electron chi connectivity index (χ4n) is 2.01. The van der Waals surface area contributed by atoms with Crippen LogP contribution in [0.15, 0.2) is 23.5 Å². The molecule has 2 aromatic rings. The molecule has 116 valence electrons. The smallest absolute Gasteiger partial charge is 0.205 e. The molecule has 0 fully saturated rings. The topological polar surface area (TPSA) is 77.3 Å². The largest absolute Gasteiger partial charge is 0.495 e. The lowest BCUT2D eigenvalue weighted by molar-refractivity contribution is 0.395. The van der Waals surface area contributed by atoms with E-state index in [1.54, 1.807) is 6.07 Å². The van der Waals surface area contributed by atoms with E-state index in [4.69, 9.17) is 38.4 Å². The van der Waals surface area contributed by atoms with E-state index < -0.39 is 0 Å². The molecule has 7 heteroatoms. The first kappa shape index (κ1) is 16.3. The molecule has 0 aliphatic rings. The number of rotatable bonds is 4. The summed E-state index contributed by atoms with van der Waals surface area (Å²) in [5.74, 6) is 0.742. The van der Waals surface area contributed by atoms with Gasteiger partial charge in [-0.15, -0.1) is 0 Å². The van der Waals surface area contributed by atoms with Crippen molar-refractivity contribution in [1.29, 1.82) is 0 Å². The Balaban J connectivity index is 2.85. The summed E-state index contributed by atoms with van der Waals surface area (Å²) >= 11 is 12.6. The van der Waals surface area contributed by atoms with Gasteiger partial charge in [0.2, 0.25) is 5.43 Å². The number of nitrogens with two attached hydrogens (primary N) is 1. The Morgan fingerprint density at radius 1 is 1.18 bits per heavy atom. The molecule has 1 aromatic heterocycles. The van der Waals surface area contributed by atoms with Crippen LogP contribution in [0.2, 0.25) is 10.0 Å². The SMILES string of the molecule is C=Cc1[nH]c(-c2c(Cl)c(OC)cc(OC)c2Cl)cc(=O)c1N. The van der Waals surface area contributed by atoms with E-state index >= 15 is 0 Å². The average Bonchev–Trinajstić information content (AvgIpc) is 2.51. The lowest BCUT2D eigenvalue weighted by atomic mass is 10.1. The highest BCUT2D eigenvalue weighted by molar-refractivity contribution is 6.41. The Morgan fingerprint density at radius 2 is 1.73 bits per heavy atom. The summed E-state index contributed by atoms with van der Waals surface area (Å²) in [4.78, 5) is 15.0. The van der Waals surface area contributed by atoms with Crippen LogP contribution in [0.25, 0.3) is 17.3 Å². The Hall–Kier alpha value is -2.11. The summed E-state index contributed by atoms with van der Waals surface area (Å²) in [6.45, 7) is 3.61. The van der Waals surface area contributed by atoms with E-state index in [0.29, 0.717) is 28.5 Å². The van der Waals surface area contributed by atoms with Gasteiger partial charge in [0.1, 0.15) is 17.2 Å². The Labute approximate surface area is 137 Å². The molecule has 1 heterocycles.